The second-order valence-corrected chi connectivity index (χ2v) is 35.6. The minimum absolute atomic E-state index is 0.231. The number of rotatable bonds is 83. The number of hydrogen-bond donors (Lipinski definition) is 12. The van der Waals surface area contributed by atoms with Crippen molar-refractivity contribution in [1.82, 2.24) is 5.32 Å². The third kappa shape index (κ3) is 54.1. The van der Waals surface area contributed by atoms with Crippen LogP contribution in [0.4, 0.5) is 0 Å². The summed E-state index contributed by atoms with van der Waals surface area (Å²) in [6, 6.07) is -0.887. The Morgan fingerprint density at radius 3 is 0.879 bits per heavy atom. The molecule has 0 bridgehead atoms. The molecule has 116 heavy (non-hydrogen) atoms. The SMILES string of the molecule is CCCCCCC/C=C\C/C=C\CCCCCCCCCCCCCCCCCCCCCCCCCCCCCCCC(=O)NC(COC1OC(CO)C(OC2OC(CO)C(OC3OC(CO)C(O)C(O)C3O)C(O)C2O)C(O)C1O)C(O)CCCCCCCCCCCCCCCCCCCCCCCCCCCCCCCC. The molecule has 0 aliphatic carbocycles. The summed E-state index contributed by atoms with van der Waals surface area (Å²) in [7, 11) is 0. The molecule has 686 valence electrons. The summed E-state index contributed by atoms with van der Waals surface area (Å²) in [5, 5.41) is 122. The molecule has 0 aromatic heterocycles. The van der Waals surface area contributed by atoms with Crippen molar-refractivity contribution >= 4 is 5.91 Å². The zero-order valence-electron chi connectivity index (χ0n) is 74.5. The molecule has 19 heteroatoms. The van der Waals surface area contributed by atoms with Crippen LogP contribution in [0.15, 0.2) is 24.3 Å². The monoisotopic (exact) mass is 1650 g/mol. The summed E-state index contributed by atoms with van der Waals surface area (Å²) in [4.78, 5) is 13.6. The Balaban J connectivity index is 1.27. The quantitative estimate of drug-likeness (QED) is 0.0199. The molecule has 3 saturated heterocycles. The minimum atomic E-state index is -1.97. The molecule has 17 unspecified atom stereocenters. The maximum Gasteiger partial charge on any atom is 0.220 e. The number of aliphatic hydroxyl groups excluding tert-OH is 11. The van der Waals surface area contributed by atoms with Gasteiger partial charge in [-0.25, -0.2) is 0 Å². The maximum atomic E-state index is 13.6. The molecular weight excluding hydrogens is 1470 g/mol. The molecule has 0 aromatic rings. The molecule has 1 amide bonds. The molecular formula is C97H185NO18. The summed E-state index contributed by atoms with van der Waals surface area (Å²) < 4.78 is 34.7. The van der Waals surface area contributed by atoms with Crippen LogP contribution < -0.4 is 5.32 Å². The van der Waals surface area contributed by atoms with Gasteiger partial charge in [-0.2, -0.15) is 0 Å². The lowest BCUT2D eigenvalue weighted by atomic mass is 9.96. The van der Waals surface area contributed by atoms with Gasteiger partial charge in [0.2, 0.25) is 5.91 Å². The lowest BCUT2D eigenvalue weighted by Gasteiger charge is -2.48. The Hall–Kier alpha value is -1.73. The summed E-state index contributed by atoms with van der Waals surface area (Å²) >= 11 is 0. The molecule has 0 spiro atoms. The van der Waals surface area contributed by atoms with E-state index in [0.717, 1.165) is 51.4 Å². The van der Waals surface area contributed by atoms with Crippen LogP contribution in [0.2, 0.25) is 0 Å². The van der Waals surface area contributed by atoms with Crippen molar-refractivity contribution in [3.63, 3.8) is 0 Å². The molecule has 3 fully saturated rings. The van der Waals surface area contributed by atoms with Crippen LogP contribution in [0.3, 0.4) is 0 Å². The van der Waals surface area contributed by atoms with Crippen LogP contribution >= 0.6 is 0 Å². The average molecular weight is 1650 g/mol. The molecule has 3 aliphatic rings. The average Bonchev–Trinajstić information content (AvgIpc) is 0.783. The van der Waals surface area contributed by atoms with E-state index in [1.165, 1.54) is 372 Å². The Kier molecular flexibility index (Phi) is 71.9. The third-order valence-electron chi connectivity index (χ3n) is 25.0. The first-order valence-corrected chi connectivity index (χ1v) is 49.6. The van der Waals surface area contributed by atoms with Gasteiger partial charge in [-0.05, 0) is 44.9 Å². The van der Waals surface area contributed by atoms with Crippen molar-refractivity contribution in [2.45, 2.75) is 561 Å². The highest BCUT2D eigenvalue weighted by molar-refractivity contribution is 5.76. The zero-order valence-corrected chi connectivity index (χ0v) is 74.5. The van der Waals surface area contributed by atoms with Crippen molar-refractivity contribution in [2.75, 3.05) is 26.4 Å². The van der Waals surface area contributed by atoms with Crippen LogP contribution in [0.5, 0.6) is 0 Å². The van der Waals surface area contributed by atoms with Gasteiger partial charge in [0, 0.05) is 6.42 Å². The molecule has 0 radical (unpaired) electrons. The van der Waals surface area contributed by atoms with Gasteiger partial charge < -0.3 is 89.9 Å². The molecule has 3 aliphatic heterocycles. The molecule has 0 saturated carbocycles. The highest BCUT2D eigenvalue weighted by Crippen LogP contribution is 2.34. The predicted molar refractivity (Wildman–Crippen MR) is 471 cm³/mol. The number of allylic oxidation sites excluding steroid dienone is 4. The molecule has 3 heterocycles. The highest BCUT2D eigenvalue weighted by Gasteiger charge is 2.54. The fraction of sp³-hybridized carbons (Fsp3) is 0.948. The smallest absolute Gasteiger partial charge is 0.220 e. The van der Waals surface area contributed by atoms with Gasteiger partial charge in [0.25, 0.3) is 0 Å². The van der Waals surface area contributed by atoms with E-state index >= 15 is 0 Å². The zero-order chi connectivity index (χ0) is 83.8. The predicted octanol–water partition coefficient (Wildman–Crippen LogP) is 20.4. The first-order valence-electron chi connectivity index (χ1n) is 49.6. The van der Waals surface area contributed by atoms with E-state index in [1.54, 1.807) is 0 Å². The second-order valence-electron chi connectivity index (χ2n) is 35.6. The van der Waals surface area contributed by atoms with Gasteiger partial charge in [0.05, 0.1) is 38.6 Å². The highest BCUT2D eigenvalue weighted by atomic mass is 16.8. The van der Waals surface area contributed by atoms with Crippen LogP contribution in [0, 0.1) is 0 Å². The first kappa shape index (κ1) is 108. The standard InChI is InChI=1S/C97H185NO18/c1-3-5-7-9-11-13-15-17-19-21-23-25-27-29-31-33-35-36-37-38-39-40-41-42-43-44-45-47-49-51-53-55-57-59-61-63-65-67-69-71-73-75-85(103)98-80(81(102)74-72-70-68-66-64-62-60-58-56-54-52-50-48-46-34-32-30-28-26-24-22-20-18-16-14-12-10-8-6-4-2)79-111-95-91(109)88(106)93(83(77-100)113-95)116-97-92(110)89(107)94(84(78-101)114-97)115-96-90(108)87(105)86(104)82(76-99)112-96/h15,17,21,23,80-84,86-97,99-102,104-110H,3-14,16,18-20,22,24-79H2,1-2H3,(H,98,103)/b17-15-,23-21-. The van der Waals surface area contributed by atoms with Crippen LogP contribution in [-0.4, -0.2) is 193 Å². The molecule has 0 aromatic carbocycles. The number of carbonyl (C=O) groups is 1. The number of hydrogen-bond acceptors (Lipinski definition) is 18. The van der Waals surface area contributed by atoms with Gasteiger partial charge >= 0.3 is 0 Å². The van der Waals surface area contributed by atoms with Crippen molar-refractivity contribution in [3.8, 4) is 0 Å². The van der Waals surface area contributed by atoms with Crippen molar-refractivity contribution < 1.29 is 89.4 Å². The first-order chi connectivity index (χ1) is 56.8. The summed E-state index contributed by atoms with van der Waals surface area (Å²) in [6.45, 7) is 1.88. The van der Waals surface area contributed by atoms with Crippen molar-refractivity contribution in [2.24, 2.45) is 0 Å². The normalized spacial score (nSPS) is 24.5. The number of nitrogens with one attached hydrogen (secondary N) is 1. The molecule has 17 atom stereocenters. The van der Waals surface area contributed by atoms with E-state index in [9.17, 15) is 61.0 Å². The van der Waals surface area contributed by atoms with Crippen molar-refractivity contribution in [1.29, 1.82) is 0 Å². The van der Waals surface area contributed by atoms with Gasteiger partial charge in [-0.1, -0.05) is 430 Å². The van der Waals surface area contributed by atoms with Gasteiger partial charge in [0.1, 0.15) is 73.2 Å². The van der Waals surface area contributed by atoms with Gasteiger partial charge in [-0.3, -0.25) is 4.79 Å². The molecule has 3 rings (SSSR count). The van der Waals surface area contributed by atoms with Crippen LogP contribution in [-0.2, 0) is 33.2 Å². The summed E-state index contributed by atoms with van der Waals surface area (Å²) in [6.07, 6.45) is 71.8. The van der Waals surface area contributed by atoms with E-state index in [-0.39, 0.29) is 18.9 Å². The Bertz CT molecular complexity index is 2180. The Morgan fingerprint density at radius 1 is 0.310 bits per heavy atom. The summed E-state index contributed by atoms with van der Waals surface area (Å²) in [5.41, 5.74) is 0. The van der Waals surface area contributed by atoms with E-state index in [1.807, 2.05) is 0 Å². The van der Waals surface area contributed by atoms with E-state index in [2.05, 4.69) is 43.5 Å². The maximum absolute atomic E-state index is 13.6. The fourth-order valence-electron chi connectivity index (χ4n) is 17.2. The number of aliphatic hydroxyl groups is 11. The van der Waals surface area contributed by atoms with E-state index in [0.29, 0.717) is 12.8 Å². The lowest BCUT2D eigenvalue weighted by Crippen LogP contribution is -2.66. The fourth-order valence-corrected chi connectivity index (χ4v) is 17.2. The lowest BCUT2D eigenvalue weighted by molar-refractivity contribution is -0.379. The second kappa shape index (κ2) is 76.9. The molecule has 19 nitrogen and oxygen atoms in total. The number of unbranched alkanes of at least 4 members (excludes halogenated alkanes) is 63. The number of ether oxygens (including phenoxy) is 6. The van der Waals surface area contributed by atoms with Gasteiger partial charge in [0.15, 0.2) is 18.9 Å². The number of carbonyl (C=O) groups excluding carboxylic acids is 1. The van der Waals surface area contributed by atoms with E-state index < -0.39 is 124 Å². The Labute approximate surface area is 709 Å². The van der Waals surface area contributed by atoms with Gasteiger partial charge in [-0.15, -0.1) is 0 Å². The number of amides is 1. The Morgan fingerprint density at radius 2 is 0.569 bits per heavy atom. The summed E-state index contributed by atoms with van der Waals surface area (Å²) in [5.74, 6) is -0.231. The minimum Gasteiger partial charge on any atom is -0.394 e. The van der Waals surface area contributed by atoms with E-state index in [4.69, 9.17) is 28.4 Å². The van der Waals surface area contributed by atoms with Crippen LogP contribution in [0.25, 0.3) is 0 Å². The van der Waals surface area contributed by atoms with Crippen molar-refractivity contribution in [3.05, 3.63) is 24.3 Å². The largest absolute Gasteiger partial charge is 0.394 e. The van der Waals surface area contributed by atoms with Crippen LogP contribution in [0.1, 0.15) is 457 Å². The molecule has 12 N–H and O–H groups in total. The topological polar surface area (TPSA) is 307 Å². The third-order valence-corrected chi connectivity index (χ3v) is 25.0.